The summed E-state index contributed by atoms with van der Waals surface area (Å²) in [5.41, 5.74) is 0.973. The van der Waals surface area contributed by atoms with Crippen LogP contribution in [0.3, 0.4) is 0 Å². The second kappa shape index (κ2) is 4.11. The van der Waals surface area contributed by atoms with E-state index in [1.165, 1.54) is 0 Å². The molecule has 2 rings (SSSR count). The summed E-state index contributed by atoms with van der Waals surface area (Å²) in [7, 11) is 0. The Labute approximate surface area is 93.6 Å². The first-order valence-corrected chi connectivity index (χ1v) is 5.29. The molecule has 1 aliphatic heterocycles. The Bertz CT molecular complexity index is 381. The number of carbonyl (C=O) groups excluding carboxylic acids is 1. The number of hydrogen-bond acceptors (Lipinski definition) is 3. The maximum Gasteiger partial charge on any atom is 0.330 e. The molecule has 1 aromatic carbocycles. The third kappa shape index (κ3) is 2.23. The molecular weight excluding hydrogens is 214 g/mol. The Kier molecular flexibility index (Phi) is 2.82. The highest BCUT2D eigenvalue weighted by Crippen LogP contribution is 2.30. The smallest absolute Gasteiger partial charge is 0.330 e. The Morgan fingerprint density at radius 2 is 2.47 bits per heavy atom. The van der Waals surface area contributed by atoms with Crippen LogP contribution in [0.15, 0.2) is 24.3 Å². The monoisotopic (exact) mass is 225 g/mol. The number of esters is 1. The van der Waals surface area contributed by atoms with Crippen LogP contribution in [0.1, 0.15) is 6.92 Å². The van der Waals surface area contributed by atoms with Gasteiger partial charge in [-0.1, -0.05) is 17.7 Å². The van der Waals surface area contributed by atoms with Crippen molar-refractivity contribution in [2.45, 2.75) is 13.0 Å². The summed E-state index contributed by atoms with van der Waals surface area (Å²) in [5.74, 6) is -0.155. The van der Waals surface area contributed by atoms with E-state index in [1.54, 1.807) is 0 Å². The molecular formula is C11H12ClNO2. The number of benzene rings is 1. The minimum absolute atomic E-state index is 0.122. The van der Waals surface area contributed by atoms with Crippen molar-refractivity contribution in [2.24, 2.45) is 0 Å². The Balaban J connectivity index is 2.01. The molecule has 0 aliphatic carbocycles. The molecule has 0 aromatic heterocycles. The van der Waals surface area contributed by atoms with Crippen molar-refractivity contribution >= 4 is 23.3 Å². The summed E-state index contributed by atoms with van der Waals surface area (Å²) in [6.45, 7) is 2.96. The first-order chi connectivity index (χ1) is 7.22. The highest BCUT2D eigenvalue weighted by Gasteiger charge is 2.41. The summed E-state index contributed by atoms with van der Waals surface area (Å²) >= 11 is 5.86. The van der Waals surface area contributed by atoms with E-state index in [2.05, 4.69) is 0 Å². The fraction of sp³-hybridized carbons (Fsp3) is 0.364. The number of ether oxygens (including phenoxy) is 1. The number of carbonyl (C=O) groups is 1. The normalized spacial score (nSPS) is 18.8. The van der Waals surface area contributed by atoms with Crippen LogP contribution in [0.5, 0.6) is 0 Å². The van der Waals surface area contributed by atoms with Gasteiger partial charge in [-0.05, 0) is 25.1 Å². The maximum atomic E-state index is 11.4. The number of halogens is 1. The zero-order valence-electron chi connectivity index (χ0n) is 8.44. The highest BCUT2D eigenvalue weighted by molar-refractivity contribution is 6.30. The van der Waals surface area contributed by atoms with Crippen molar-refractivity contribution in [3.63, 3.8) is 0 Å². The van der Waals surface area contributed by atoms with Gasteiger partial charge >= 0.3 is 5.97 Å². The molecule has 0 N–H and O–H groups in total. The van der Waals surface area contributed by atoms with E-state index in [0.717, 1.165) is 12.2 Å². The second-order valence-electron chi connectivity index (χ2n) is 3.40. The molecule has 80 valence electrons. The van der Waals surface area contributed by atoms with Gasteiger partial charge < -0.3 is 9.64 Å². The van der Waals surface area contributed by atoms with E-state index < -0.39 is 0 Å². The molecule has 0 spiro atoms. The lowest BCUT2D eigenvalue weighted by Gasteiger charge is -2.05. The molecule has 1 aliphatic rings. The Morgan fingerprint density at radius 1 is 1.67 bits per heavy atom. The quantitative estimate of drug-likeness (QED) is 0.583. The SMILES string of the molecule is CCOC(=O)C1CN1c1cccc(Cl)c1. The maximum absolute atomic E-state index is 11.4. The van der Waals surface area contributed by atoms with Crippen LogP contribution in [0.2, 0.25) is 5.02 Å². The van der Waals surface area contributed by atoms with Gasteiger partial charge in [0.2, 0.25) is 0 Å². The molecule has 1 unspecified atom stereocenters. The van der Waals surface area contributed by atoms with Crippen LogP contribution in [-0.2, 0) is 9.53 Å². The van der Waals surface area contributed by atoms with E-state index in [1.807, 2.05) is 36.1 Å². The van der Waals surface area contributed by atoms with Crippen molar-refractivity contribution in [1.29, 1.82) is 0 Å². The van der Waals surface area contributed by atoms with Crippen LogP contribution >= 0.6 is 11.6 Å². The molecule has 1 atom stereocenters. The molecule has 15 heavy (non-hydrogen) atoms. The molecule has 0 saturated carbocycles. The van der Waals surface area contributed by atoms with Gasteiger partial charge in [-0.25, -0.2) is 4.79 Å². The van der Waals surface area contributed by atoms with E-state index in [-0.39, 0.29) is 12.0 Å². The topological polar surface area (TPSA) is 29.3 Å². The van der Waals surface area contributed by atoms with Gasteiger partial charge in [0, 0.05) is 10.7 Å². The molecule has 1 aromatic rings. The zero-order valence-corrected chi connectivity index (χ0v) is 9.20. The third-order valence-corrected chi connectivity index (χ3v) is 2.55. The first kappa shape index (κ1) is 10.3. The lowest BCUT2D eigenvalue weighted by Crippen LogP contribution is -2.15. The first-order valence-electron chi connectivity index (χ1n) is 4.91. The minimum Gasteiger partial charge on any atom is -0.464 e. The number of nitrogens with zero attached hydrogens (tertiary/aromatic N) is 1. The zero-order chi connectivity index (χ0) is 10.8. The summed E-state index contributed by atoms with van der Waals surface area (Å²) in [6.07, 6.45) is 0. The number of hydrogen-bond donors (Lipinski definition) is 0. The largest absolute Gasteiger partial charge is 0.464 e. The van der Waals surface area contributed by atoms with Gasteiger partial charge in [-0.2, -0.15) is 0 Å². The van der Waals surface area contributed by atoms with Gasteiger partial charge in [0.25, 0.3) is 0 Å². The summed E-state index contributed by atoms with van der Waals surface area (Å²) in [4.78, 5) is 13.3. The lowest BCUT2D eigenvalue weighted by molar-refractivity contribution is -0.142. The summed E-state index contributed by atoms with van der Waals surface area (Å²) in [5, 5.41) is 0.682. The van der Waals surface area contributed by atoms with Crippen LogP contribution in [0.4, 0.5) is 5.69 Å². The average Bonchev–Trinajstić information content (AvgIpc) is 2.97. The van der Waals surface area contributed by atoms with Crippen LogP contribution in [0, 0.1) is 0 Å². The highest BCUT2D eigenvalue weighted by atomic mass is 35.5. The predicted octanol–water partition coefficient (Wildman–Crippen LogP) is 2.09. The molecule has 1 heterocycles. The fourth-order valence-electron chi connectivity index (χ4n) is 1.52. The molecule has 1 fully saturated rings. The van der Waals surface area contributed by atoms with Crippen LogP contribution in [0.25, 0.3) is 0 Å². The lowest BCUT2D eigenvalue weighted by atomic mass is 10.3. The molecule has 1 saturated heterocycles. The second-order valence-corrected chi connectivity index (χ2v) is 3.84. The van der Waals surface area contributed by atoms with Gasteiger partial charge in [0.15, 0.2) is 0 Å². The third-order valence-electron chi connectivity index (χ3n) is 2.31. The van der Waals surface area contributed by atoms with Gasteiger partial charge in [-0.15, -0.1) is 0 Å². The van der Waals surface area contributed by atoms with Crippen molar-refractivity contribution in [2.75, 3.05) is 18.1 Å². The number of anilines is 1. The Morgan fingerprint density at radius 3 is 3.13 bits per heavy atom. The number of rotatable bonds is 3. The van der Waals surface area contributed by atoms with Crippen LogP contribution in [-0.4, -0.2) is 25.2 Å². The van der Waals surface area contributed by atoms with E-state index in [4.69, 9.17) is 16.3 Å². The van der Waals surface area contributed by atoms with Crippen molar-refractivity contribution in [3.05, 3.63) is 29.3 Å². The van der Waals surface area contributed by atoms with E-state index >= 15 is 0 Å². The minimum atomic E-state index is -0.155. The fourth-order valence-corrected chi connectivity index (χ4v) is 1.70. The van der Waals surface area contributed by atoms with E-state index in [9.17, 15) is 4.79 Å². The van der Waals surface area contributed by atoms with Crippen LogP contribution < -0.4 is 4.90 Å². The van der Waals surface area contributed by atoms with Crippen molar-refractivity contribution in [1.82, 2.24) is 0 Å². The summed E-state index contributed by atoms with van der Waals surface area (Å²) < 4.78 is 4.93. The predicted molar refractivity (Wildman–Crippen MR) is 59.2 cm³/mol. The standard InChI is InChI=1S/C11H12ClNO2/c1-2-15-11(14)10-7-13(10)9-5-3-4-8(12)6-9/h3-6,10H,2,7H2,1H3. The summed E-state index contributed by atoms with van der Waals surface area (Å²) in [6, 6.07) is 7.35. The molecule has 4 heteroatoms. The molecule has 0 radical (unpaired) electrons. The van der Waals surface area contributed by atoms with Crippen molar-refractivity contribution in [3.8, 4) is 0 Å². The molecule has 0 bridgehead atoms. The van der Waals surface area contributed by atoms with Gasteiger partial charge in [0.1, 0.15) is 6.04 Å². The molecule has 0 amide bonds. The van der Waals surface area contributed by atoms with E-state index in [0.29, 0.717) is 11.6 Å². The van der Waals surface area contributed by atoms with Gasteiger partial charge in [-0.3, -0.25) is 0 Å². The van der Waals surface area contributed by atoms with Crippen molar-refractivity contribution < 1.29 is 9.53 Å². The average molecular weight is 226 g/mol. The molecule has 3 nitrogen and oxygen atoms in total. The van der Waals surface area contributed by atoms with Gasteiger partial charge in [0.05, 0.1) is 13.2 Å². The Hall–Kier alpha value is -1.22.